The number of hydrazine groups is 1. The first-order valence-corrected chi connectivity index (χ1v) is 15.6. The summed E-state index contributed by atoms with van der Waals surface area (Å²) in [5.41, 5.74) is 6.51. The fourth-order valence-electron chi connectivity index (χ4n) is 4.45. The molecule has 0 spiro atoms. The van der Waals surface area contributed by atoms with Gasteiger partial charge in [0.2, 0.25) is 0 Å². The van der Waals surface area contributed by atoms with Gasteiger partial charge in [-0.15, -0.1) is 0 Å². The summed E-state index contributed by atoms with van der Waals surface area (Å²) in [6.07, 6.45) is 0. The van der Waals surface area contributed by atoms with Crippen molar-refractivity contribution < 1.29 is 9.59 Å². The number of rotatable bonds is 10. The number of urea groups is 2. The monoisotopic (exact) mass is 706 g/mol. The Balaban J connectivity index is 1.55. The largest absolute Gasteiger partial charge is 0.383 e. The topological polar surface area (TPSA) is 88.7 Å². The third-order valence-corrected chi connectivity index (χ3v) is 8.16. The van der Waals surface area contributed by atoms with E-state index >= 15 is 0 Å². The smallest absolute Gasteiger partial charge is 0.341 e. The van der Waals surface area contributed by atoms with Crippen LogP contribution >= 0.6 is 31.9 Å². The van der Waals surface area contributed by atoms with Crippen LogP contribution in [0.15, 0.2) is 99.9 Å². The molecule has 0 aliphatic carbocycles. The Morgan fingerprint density at radius 1 is 0.628 bits per heavy atom. The minimum Gasteiger partial charge on any atom is -0.383 e. The maximum atomic E-state index is 13.9. The van der Waals surface area contributed by atoms with Crippen molar-refractivity contribution in [3.05, 3.63) is 117 Å². The van der Waals surface area contributed by atoms with Crippen LogP contribution in [-0.2, 0) is 0 Å². The van der Waals surface area contributed by atoms with Gasteiger partial charge in [0, 0.05) is 46.5 Å². The fourth-order valence-corrected chi connectivity index (χ4v) is 5.36. The summed E-state index contributed by atoms with van der Waals surface area (Å²) in [4.78, 5) is 27.8. The number of nitrogens with one attached hydrogen (secondary N) is 4. The first-order chi connectivity index (χ1) is 20.8. The number of hydrogen-bond donors (Lipinski definition) is 4. The van der Waals surface area contributed by atoms with Crippen molar-refractivity contribution in [3.63, 3.8) is 0 Å². The first kappa shape index (κ1) is 31.9. The lowest BCUT2D eigenvalue weighted by Gasteiger charge is -2.35. The van der Waals surface area contributed by atoms with Crippen LogP contribution in [0, 0.1) is 20.8 Å². The standard InChI is InChI=1S/C33H36Br2N6O2/c1-23-10-8-12-26(22-23)36-18-20-38-32(42)40(30-16-6-4-13-27(30)34)41(31-17-7-5-14-28(31)35)33(43)39-21-19-37-29-15-9-11-24(2)25(29)3/h4-17,22,36-37H,18-21H2,1-3H3,(H,38,42)(H,39,43). The van der Waals surface area contributed by atoms with Crippen LogP contribution in [0.3, 0.4) is 0 Å². The van der Waals surface area contributed by atoms with E-state index in [0.717, 1.165) is 22.5 Å². The van der Waals surface area contributed by atoms with Crippen molar-refractivity contribution in [2.24, 2.45) is 0 Å². The molecule has 0 atom stereocenters. The molecule has 0 unspecified atom stereocenters. The van der Waals surface area contributed by atoms with Gasteiger partial charge in [-0.05, 0) is 112 Å². The number of amides is 4. The molecule has 0 fully saturated rings. The molecule has 10 heteroatoms. The van der Waals surface area contributed by atoms with E-state index in [2.05, 4.69) is 73.0 Å². The fraction of sp³-hybridized carbons (Fsp3) is 0.212. The number of carbonyl (C=O) groups excluding carboxylic acids is 2. The molecule has 0 bridgehead atoms. The number of benzene rings is 4. The van der Waals surface area contributed by atoms with Gasteiger partial charge in [-0.25, -0.2) is 9.59 Å². The second-order valence-corrected chi connectivity index (χ2v) is 11.7. The molecule has 0 aliphatic heterocycles. The highest BCUT2D eigenvalue weighted by atomic mass is 79.9. The minimum absolute atomic E-state index is 0.332. The molecule has 0 radical (unpaired) electrons. The molecule has 0 heterocycles. The van der Waals surface area contributed by atoms with Crippen molar-refractivity contribution >= 4 is 66.7 Å². The first-order valence-electron chi connectivity index (χ1n) is 14.0. The molecule has 4 aromatic rings. The molecule has 4 amide bonds. The van der Waals surface area contributed by atoms with Crippen molar-refractivity contribution in [3.8, 4) is 0 Å². The summed E-state index contributed by atoms with van der Waals surface area (Å²) in [5, 5.41) is 15.4. The number of anilines is 4. The van der Waals surface area contributed by atoms with Crippen molar-refractivity contribution in [1.82, 2.24) is 10.6 Å². The zero-order valence-corrected chi connectivity index (χ0v) is 27.6. The number of nitrogens with zero attached hydrogens (tertiary/aromatic N) is 2. The number of hydrogen-bond acceptors (Lipinski definition) is 4. The van der Waals surface area contributed by atoms with Gasteiger partial charge < -0.3 is 21.3 Å². The number of halogens is 2. The molecule has 4 aromatic carbocycles. The van der Waals surface area contributed by atoms with Gasteiger partial charge in [-0.2, -0.15) is 10.0 Å². The summed E-state index contributed by atoms with van der Waals surface area (Å²) in [6, 6.07) is 27.8. The molecule has 8 nitrogen and oxygen atoms in total. The van der Waals surface area contributed by atoms with E-state index in [-0.39, 0.29) is 0 Å². The summed E-state index contributed by atoms with van der Waals surface area (Å²) < 4.78 is 1.31. The Hall–Kier alpha value is -4.02. The maximum Gasteiger partial charge on any atom is 0.341 e. The molecule has 224 valence electrons. The minimum atomic E-state index is -0.461. The third-order valence-electron chi connectivity index (χ3n) is 6.82. The Morgan fingerprint density at radius 3 is 1.72 bits per heavy atom. The van der Waals surface area contributed by atoms with Gasteiger partial charge in [-0.3, -0.25) is 0 Å². The van der Waals surface area contributed by atoms with Crippen LogP contribution in [0.1, 0.15) is 16.7 Å². The molecule has 0 saturated carbocycles. The van der Waals surface area contributed by atoms with E-state index < -0.39 is 12.1 Å². The zero-order chi connectivity index (χ0) is 30.8. The summed E-state index contributed by atoms with van der Waals surface area (Å²) in [6.45, 7) is 7.84. The molecular weight excluding hydrogens is 672 g/mol. The van der Waals surface area contributed by atoms with Crippen LogP contribution < -0.4 is 31.3 Å². The predicted molar refractivity (Wildman–Crippen MR) is 184 cm³/mol. The van der Waals surface area contributed by atoms with E-state index in [9.17, 15) is 9.59 Å². The van der Waals surface area contributed by atoms with Gasteiger partial charge in [0.15, 0.2) is 0 Å². The lowest BCUT2D eigenvalue weighted by atomic mass is 10.1. The number of aryl methyl sites for hydroxylation is 2. The van der Waals surface area contributed by atoms with E-state index in [1.807, 2.05) is 79.7 Å². The van der Waals surface area contributed by atoms with Gasteiger partial charge in [0.05, 0.1) is 11.4 Å². The van der Waals surface area contributed by atoms with Crippen LogP contribution in [0.4, 0.5) is 32.3 Å². The molecule has 0 aromatic heterocycles. The van der Waals surface area contributed by atoms with E-state index in [4.69, 9.17) is 0 Å². The Labute approximate surface area is 270 Å². The van der Waals surface area contributed by atoms with E-state index in [1.165, 1.54) is 15.6 Å². The number of carbonyl (C=O) groups is 2. The van der Waals surface area contributed by atoms with Gasteiger partial charge in [0.25, 0.3) is 0 Å². The van der Waals surface area contributed by atoms with Crippen molar-refractivity contribution in [1.29, 1.82) is 0 Å². The van der Waals surface area contributed by atoms with Crippen LogP contribution in [0.2, 0.25) is 0 Å². The Morgan fingerprint density at radius 2 is 1.16 bits per heavy atom. The van der Waals surface area contributed by atoms with Crippen molar-refractivity contribution in [2.75, 3.05) is 46.8 Å². The van der Waals surface area contributed by atoms with Crippen LogP contribution in [0.5, 0.6) is 0 Å². The third kappa shape index (κ3) is 8.52. The van der Waals surface area contributed by atoms with Crippen LogP contribution in [-0.4, -0.2) is 38.2 Å². The highest BCUT2D eigenvalue weighted by molar-refractivity contribution is 9.11. The normalized spacial score (nSPS) is 10.5. The summed E-state index contributed by atoms with van der Waals surface area (Å²) >= 11 is 7.16. The molecule has 4 N–H and O–H groups in total. The molecule has 0 aliphatic rings. The van der Waals surface area contributed by atoms with E-state index in [1.54, 1.807) is 12.1 Å². The lowest BCUT2D eigenvalue weighted by molar-refractivity contribution is 0.237. The van der Waals surface area contributed by atoms with E-state index in [0.29, 0.717) is 46.5 Å². The summed E-state index contributed by atoms with van der Waals surface area (Å²) in [5.74, 6) is 0. The predicted octanol–water partition coefficient (Wildman–Crippen LogP) is 8.01. The molecule has 4 rings (SSSR count). The zero-order valence-electron chi connectivity index (χ0n) is 24.5. The SMILES string of the molecule is Cc1cccc(NCCNC(=O)N(c2ccccc2Br)N(C(=O)NCCNc2cccc(C)c2C)c2ccccc2Br)c1. The molecule has 0 saturated heterocycles. The second-order valence-electron chi connectivity index (χ2n) is 9.96. The molecular formula is C33H36Br2N6O2. The van der Waals surface area contributed by atoms with Crippen LogP contribution in [0.25, 0.3) is 0 Å². The number of para-hydroxylation sites is 2. The van der Waals surface area contributed by atoms with Gasteiger partial charge in [-0.1, -0.05) is 48.5 Å². The Kier molecular flexibility index (Phi) is 11.5. The lowest BCUT2D eigenvalue weighted by Crippen LogP contribution is -2.58. The van der Waals surface area contributed by atoms with Crippen molar-refractivity contribution in [2.45, 2.75) is 20.8 Å². The second kappa shape index (κ2) is 15.5. The van der Waals surface area contributed by atoms with Gasteiger partial charge >= 0.3 is 12.1 Å². The quantitative estimate of drug-likeness (QED) is 0.0994. The van der Waals surface area contributed by atoms with Gasteiger partial charge in [0.1, 0.15) is 0 Å². The highest BCUT2D eigenvalue weighted by Crippen LogP contribution is 2.33. The highest BCUT2D eigenvalue weighted by Gasteiger charge is 2.31. The summed E-state index contributed by atoms with van der Waals surface area (Å²) in [7, 11) is 0. The average molecular weight is 708 g/mol. The Bertz CT molecular complexity index is 1560. The molecule has 43 heavy (non-hydrogen) atoms. The maximum absolute atomic E-state index is 13.9. The average Bonchev–Trinajstić information content (AvgIpc) is 2.99.